The Balaban J connectivity index is -0.0000000546. The largest absolute Gasteiger partial charge is 1.00 e. The Bertz CT molecular complexity index is 272. The first kappa shape index (κ1) is 18.5. The van der Waals surface area contributed by atoms with Crippen LogP contribution in [0.3, 0.4) is 0 Å². The molecule has 10 heteroatoms. The average molecular weight is 232 g/mol. The summed E-state index contributed by atoms with van der Waals surface area (Å²) in [5, 5.41) is 0. The van der Waals surface area contributed by atoms with Crippen LogP contribution < -0.4 is 29.6 Å². The van der Waals surface area contributed by atoms with Gasteiger partial charge >= 0.3 is 40.0 Å². The van der Waals surface area contributed by atoms with Crippen LogP contribution in [0.1, 0.15) is 1.43 Å². The van der Waals surface area contributed by atoms with Crippen LogP contribution in [0.4, 0.5) is 0 Å². The summed E-state index contributed by atoms with van der Waals surface area (Å²) >= 11 is 0. The molecule has 2 N–H and O–H groups in total. The summed E-state index contributed by atoms with van der Waals surface area (Å²) in [4.78, 5) is 0. The van der Waals surface area contributed by atoms with Gasteiger partial charge in [0.1, 0.15) is 0 Å². The molecule has 0 aromatic heterocycles. The topological polar surface area (TPSA) is 118 Å². The van der Waals surface area contributed by atoms with Crippen LogP contribution in [-0.4, -0.2) is 39.3 Å². The normalized spacial score (nSPS) is 10.7. The van der Waals surface area contributed by atoms with E-state index < -0.39 is 20.5 Å². The zero-order valence-electron chi connectivity index (χ0n) is 7.75. The molecule has 0 saturated heterocycles. The molecule has 0 amide bonds. The van der Waals surface area contributed by atoms with E-state index >= 15 is 0 Å². The molecule has 0 aliphatic heterocycles. The van der Waals surface area contributed by atoms with Gasteiger partial charge in [-0.1, -0.05) is 0 Å². The molecule has 0 radical (unpaired) electrons. The van der Waals surface area contributed by atoms with Gasteiger partial charge in [-0.3, -0.25) is 13.3 Å². The molecule has 0 unspecified atom stereocenters. The molecule has 0 fully saturated rings. The molecule has 0 aliphatic carbocycles. The van der Waals surface area contributed by atoms with Crippen LogP contribution in [0.5, 0.6) is 0 Å². The summed E-state index contributed by atoms with van der Waals surface area (Å²) in [6.07, 6.45) is 0.993. The average Bonchev–Trinajstić information content (AvgIpc) is 1.59. The zero-order chi connectivity index (χ0) is 9.71. The van der Waals surface area contributed by atoms with E-state index in [1.165, 1.54) is 0 Å². The third kappa shape index (κ3) is 72.2. The van der Waals surface area contributed by atoms with E-state index in [2.05, 4.69) is 4.18 Å². The number of hydrogen-bond acceptors (Lipinski definition) is 5. The molecular weight excluding hydrogens is 223 g/mol. The van der Waals surface area contributed by atoms with Crippen molar-refractivity contribution in [1.82, 2.24) is 0 Å². The Labute approximate surface area is 94.6 Å². The first-order valence-electron chi connectivity index (χ1n) is 2.01. The Hall–Kier alpha value is 0.780. The number of rotatable bonds is 1. The Morgan fingerprint density at radius 2 is 1.25 bits per heavy atom. The van der Waals surface area contributed by atoms with E-state index in [9.17, 15) is 8.42 Å². The van der Waals surface area contributed by atoms with Crippen LogP contribution in [0.2, 0.25) is 0 Å². The fourth-order valence-electron chi connectivity index (χ4n) is 0. The molecule has 12 heavy (non-hydrogen) atoms. The van der Waals surface area contributed by atoms with Crippen LogP contribution >= 0.6 is 0 Å². The van der Waals surface area contributed by atoms with Gasteiger partial charge in [-0.2, -0.15) is 16.8 Å². The summed E-state index contributed by atoms with van der Waals surface area (Å²) in [7, 11) is -6.71. The minimum atomic E-state index is -4.67. The van der Waals surface area contributed by atoms with Gasteiger partial charge in [-0.05, 0) is 0 Å². The van der Waals surface area contributed by atoms with Crippen molar-refractivity contribution >= 4 is 20.5 Å². The third-order valence-electron chi connectivity index (χ3n) is 0.303. The van der Waals surface area contributed by atoms with Crippen molar-refractivity contribution in [2.75, 3.05) is 13.4 Å². The number of hydrogen-bond donors (Lipinski definition) is 2. The Kier molecular flexibility index (Phi) is 11.1. The summed E-state index contributed by atoms with van der Waals surface area (Å²) in [5.41, 5.74) is 0. The summed E-state index contributed by atoms with van der Waals surface area (Å²) in [6.45, 7) is 0. The fourth-order valence-corrected chi connectivity index (χ4v) is 0. The van der Waals surface area contributed by atoms with Gasteiger partial charge in [0.15, 0.2) is 0 Å². The maximum absolute atomic E-state index is 9.78. The Morgan fingerprint density at radius 3 is 1.25 bits per heavy atom. The summed E-state index contributed by atoms with van der Waals surface area (Å²) in [6, 6.07) is 0. The van der Waals surface area contributed by atoms with Crippen LogP contribution in [-0.2, 0) is 24.7 Å². The standard InChI is InChI=1S/C2H6O3S.Na.H2O4S.H/c1-5-6(2,3)4;;1-5(2,3)4;/h1-2H3;;(H2,1,2,3,4);/q;+1;;-1. The molecule has 0 aromatic carbocycles. The molecular formula is C2H9NaO7S2. The van der Waals surface area contributed by atoms with E-state index in [1.54, 1.807) is 0 Å². The fraction of sp³-hybridized carbons (Fsp3) is 1.00. The van der Waals surface area contributed by atoms with Crippen LogP contribution in [0.15, 0.2) is 0 Å². The van der Waals surface area contributed by atoms with E-state index in [1.807, 2.05) is 0 Å². The van der Waals surface area contributed by atoms with Gasteiger partial charge in [0.2, 0.25) is 0 Å². The predicted molar refractivity (Wildman–Crippen MR) is 37.1 cm³/mol. The molecule has 0 atom stereocenters. The molecule has 72 valence electrons. The Morgan fingerprint density at radius 1 is 1.17 bits per heavy atom. The van der Waals surface area contributed by atoms with E-state index in [0.29, 0.717) is 0 Å². The second-order valence-electron chi connectivity index (χ2n) is 1.32. The van der Waals surface area contributed by atoms with Gasteiger partial charge in [-0.15, -0.1) is 0 Å². The zero-order valence-corrected chi connectivity index (χ0v) is 10.4. The second-order valence-corrected chi connectivity index (χ2v) is 3.96. The second kappa shape index (κ2) is 7.21. The van der Waals surface area contributed by atoms with Gasteiger partial charge in [-0.25, -0.2) is 0 Å². The molecule has 0 heterocycles. The molecule has 0 rings (SSSR count). The molecule has 0 spiro atoms. The van der Waals surface area contributed by atoms with Gasteiger partial charge < -0.3 is 1.43 Å². The van der Waals surface area contributed by atoms with Crippen molar-refractivity contribution in [3.63, 3.8) is 0 Å². The third-order valence-corrected chi connectivity index (χ3v) is 0.908. The van der Waals surface area contributed by atoms with E-state index in [0.717, 1.165) is 13.4 Å². The molecule has 0 aliphatic rings. The van der Waals surface area contributed by atoms with Crippen molar-refractivity contribution in [2.45, 2.75) is 0 Å². The van der Waals surface area contributed by atoms with Gasteiger partial charge in [0.05, 0.1) is 13.4 Å². The maximum Gasteiger partial charge on any atom is 1.00 e. The first-order chi connectivity index (χ1) is 4.56. The molecule has 7 nitrogen and oxygen atoms in total. The van der Waals surface area contributed by atoms with Gasteiger partial charge in [0, 0.05) is 0 Å². The molecule has 0 saturated carbocycles. The summed E-state index contributed by atoms with van der Waals surface area (Å²) in [5.74, 6) is 0. The minimum Gasteiger partial charge on any atom is -1.00 e. The van der Waals surface area contributed by atoms with Crippen LogP contribution in [0.25, 0.3) is 0 Å². The quantitative estimate of drug-likeness (QED) is 0.269. The minimum absolute atomic E-state index is 0. The monoisotopic (exact) mass is 232 g/mol. The molecule has 0 bridgehead atoms. The van der Waals surface area contributed by atoms with E-state index in [4.69, 9.17) is 17.5 Å². The van der Waals surface area contributed by atoms with Gasteiger partial charge in [0.25, 0.3) is 10.1 Å². The maximum atomic E-state index is 9.78. The van der Waals surface area contributed by atoms with Crippen LogP contribution in [0, 0.1) is 0 Å². The van der Waals surface area contributed by atoms with Crippen molar-refractivity contribution in [1.29, 1.82) is 0 Å². The van der Waals surface area contributed by atoms with Crippen molar-refractivity contribution in [2.24, 2.45) is 0 Å². The summed E-state index contributed by atoms with van der Waals surface area (Å²) < 4.78 is 55.0. The van der Waals surface area contributed by atoms with Crippen molar-refractivity contribution < 1.29 is 61.1 Å². The van der Waals surface area contributed by atoms with Crippen molar-refractivity contribution in [3.8, 4) is 0 Å². The molecule has 0 aromatic rings. The van der Waals surface area contributed by atoms with E-state index in [-0.39, 0.29) is 31.0 Å². The van der Waals surface area contributed by atoms with Crippen molar-refractivity contribution in [3.05, 3.63) is 0 Å². The predicted octanol–water partition coefficient (Wildman–Crippen LogP) is -3.94. The SMILES string of the molecule is COS(C)(=O)=O.O=S(=O)(O)O.[H-].[Na+]. The smallest absolute Gasteiger partial charge is 1.00 e. The first-order valence-corrected chi connectivity index (χ1v) is 5.23.